The fourth-order valence-corrected chi connectivity index (χ4v) is 17.5. The summed E-state index contributed by atoms with van der Waals surface area (Å²) in [6.45, 7) is 13.6. The molecule has 1 saturated heterocycles. The molecule has 0 aliphatic carbocycles. The molecule has 0 saturated carbocycles. The van der Waals surface area contributed by atoms with Crippen molar-refractivity contribution in [1.29, 1.82) is 0 Å². The Labute approximate surface area is 118 Å². The van der Waals surface area contributed by atoms with Crippen LogP contribution in [0.15, 0.2) is 0 Å². The van der Waals surface area contributed by atoms with Crippen LogP contribution in [-0.2, 0) is 0 Å². The predicted octanol–water partition coefficient (Wildman–Crippen LogP) is 5.00. The summed E-state index contributed by atoms with van der Waals surface area (Å²) in [6, 6.07) is 6.31. The van der Waals surface area contributed by atoms with Crippen LogP contribution in [0.1, 0.15) is 60.3 Å². The van der Waals surface area contributed by atoms with Crippen LogP contribution in [0.25, 0.3) is 0 Å². The molecule has 0 radical (unpaired) electrons. The predicted molar refractivity (Wildman–Crippen MR) is 89.4 cm³/mol. The smallest absolute Gasteiger partial charge is 0.125 e. The molecule has 0 spiro atoms. The minimum atomic E-state index is -1.02. The molecule has 1 rings (SSSR count). The van der Waals surface area contributed by atoms with Crippen molar-refractivity contribution in [3.8, 4) is 0 Å². The van der Waals surface area contributed by atoms with Crippen molar-refractivity contribution >= 4 is 17.2 Å². The third kappa shape index (κ3) is 3.28. The Bertz CT molecular complexity index is 221. The Balaban J connectivity index is 2.77. The molecule has 1 heterocycles. The van der Waals surface area contributed by atoms with E-state index in [1.165, 1.54) is 32.2 Å². The van der Waals surface area contributed by atoms with Gasteiger partial charge in [-0.05, 0) is 36.3 Å². The van der Waals surface area contributed by atoms with E-state index >= 15 is 0 Å². The molecule has 1 aliphatic heterocycles. The lowest BCUT2D eigenvalue weighted by Gasteiger charge is -2.60. The zero-order valence-electron chi connectivity index (χ0n) is 13.5. The van der Waals surface area contributed by atoms with Crippen molar-refractivity contribution in [2.45, 2.75) is 90.0 Å². The van der Waals surface area contributed by atoms with Gasteiger partial charge in [-0.2, -0.15) is 0 Å². The summed E-state index contributed by atoms with van der Waals surface area (Å²) in [5.74, 6) is 0. The zero-order chi connectivity index (χ0) is 13.6. The van der Waals surface area contributed by atoms with E-state index in [1.54, 1.807) is 24.2 Å². The topological polar surface area (TPSA) is 3.24 Å². The molecule has 0 aromatic heterocycles. The minimum Gasteiger partial charge on any atom is -0.347 e. The van der Waals surface area contributed by atoms with Crippen molar-refractivity contribution in [2.75, 3.05) is 6.54 Å². The first-order valence-electron chi connectivity index (χ1n) is 8.42. The molecule has 3 heteroatoms. The molecule has 0 N–H and O–H groups in total. The van der Waals surface area contributed by atoms with Gasteiger partial charge in [0.15, 0.2) is 0 Å². The fraction of sp³-hybridized carbons (Fsp3) is 1.00. The van der Waals surface area contributed by atoms with Gasteiger partial charge in [-0.1, -0.05) is 60.3 Å². The molecule has 1 fully saturated rings. The lowest BCUT2D eigenvalue weighted by Crippen LogP contribution is -2.72. The van der Waals surface area contributed by atoms with Crippen LogP contribution < -0.4 is 0 Å². The highest BCUT2D eigenvalue weighted by atomic mass is 28.4. The van der Waals surface area contributed by atoms with E-state index < -0.39 is 17.2 Å². The highest BCUT2D eigenvalue weighted by Gasteiger charge is 2.53. The van der Waals surface area contributed by atoms with E-state index in [1.807, 2.05) is 0 Å². The van der Waals surface area contributed by atoms with Gasteiger partial charge < -0.3 is 4.23 Å². The minimum absolute atomic E-state index is 0.573. The van der Waals surface area contributed by atoms with Crippen LogP contribution in [-0.4, -0.2) is 28.0 Å². The van der Waals surface area contributed by atoms with Crippen molar-refractivity contribution < 1.29 is 0 Å². The Morgan fingerprint density at radius 2 is 1.44 bits per heavy atom. The van der Waals surface area contributed by atoms with Crippen molar-refractivity contribution in [2.24, 2.45) is 0 Å². The Morgan fingerprint density at radius 3 is 1.78 bits per heavy atom. The number of rotatable bonds is 9. The van der Waals surface area contributed by atoms with Crippen LogP contribution in [0, 0.1) is 0 Å². The molecule has 0 aromatic rings. The molecule has 1 aliphatic rings. The first-order chi connectivity index (χ1) is 8.66. The SMILES string of the molecule is CCC[SiH](CCC)N1CC(C)[Si]1(CCC)CCC. The van der Waals surface area contributed by atoms with Crippen molar-refractivity contribution in [3.05, 3.63) is 0 Å². The van der Waals surface area contributed by atoms with E-state index in [-0.39, 0.29) is 0 Å². The second kappa shape index (κ2) is 7.86. The molecule has 108 valence electrons. The molecule has 18 heavy (non-hydrogen) atoms. The first-order valence-corrected chi connectivity index (χ1v) is 13.0. The van der Waals surface area contributed by atoms with Gasteiger partial charge in [0.25, 0.3) is 0 Å². The van der Waals surface area contributed by atoms with E-state index in [0.717, 1.165) is 5.54 Å². The van der Waals surface area contributed by atoms with Gasteiger partial charge in [0.05, 0.1) is 0 Å². The maximum Gasteiger partial charge on any atom is 0.125 e. The molecule has 0 aromatic carbocycles. The molecular formula is C15H35NSi2. The number of hydrogen-bond donors (Lipinski definition) is 0. The quantitative estimate of drug-likeness (QED) is 0.539. The van der Waals surface area contributed by atoms with E-state index in [4.69, 9.17) is 0 Å². The Hall–Kier alpha value is 0.394. The first kappa shape index (κ1) is 16.4. The normalized spacial score (nSPS) is 23.3. The molecule has 0 amide bonds. The van der Waals surface area contributed by atoms with Crippen molar-refractivity contribution in [3.63, 3.8) is 0 Å². The monoisotopic (exact) mass is 285 g/mol. The standard InChI is InChI=1S/C15H35NSi2/c1-6-10-17(11-7-2)16-14-15(5)18(16,12-8-3)13-9-4/h15,17H,6-14H2,1-5H3. The van der Waals surface area contributed by atoms with Gasteiger partial charge in [-0.15, -0.1) is 0 Å². The van der Waals surface area contributed by atoms with Gasteiger partial charge >= 0.3 is 0 Å². The van der Waals surface area contributed by atoms with Gasteiger partial charge in [0, 0.05) is 0 Å². The second-order valence-corrected chi connectivity index (χ2v) is 14.8. The van der Waals surface area contributed by atoms with Crippen LogP contribution in [0.3, 0.4) is 0 Å². The molecular weight excluding hydrogens is 250 g/mol. The van der Waals surface area contributed by atoms with Gasteiger partial charge in [-0.25, -0.2) is 0 Å². The van der Waals surface area contributed by atoms with E-state index in [0.29, 0.717) is 0 Å². The van der Waals surface area contributed by atoms with Crippen LogP contribution in [0.2, 0.25) is 29.7 Å². The maximum atomic E-state index is 3.18. The largest absolute Gasteiger partial charge is 0.347 e. The summed E-state index contributed by atoms with van der Waals surface area (Å²) in [5, 5.41) is 0. The van der Waals surface area contributed by atoms with Crippen LogP contribution >= 0.6 is 0 Å². The average Bonchev–Trinajstić information content (AvgIpc) is 2.35. The Morgan fingerprint density at radius 1 is 0.944 bits per heavy atom. The lowest BCUT2D eigenvalue weighted by atomic mass is 10.5. The third-order valence-electron chi connectivity index (χ3n) is 5.01. The van der Waals surface area contributed by atoms with E-state index in [9.17, 15) is 0 Å². The summed E-state index contributed by atoms with van der Waals surface area (Å²) in [6.07, 6.45) is 5.69. The average molecular weight is 286 g/mol. The highest BCUT2D eigenvalue weighted by molar-refractivity contribution is 6.89. The van der Waals surface area contributed by atoms with Crippen LogP contribution in [0.4, 0.5) is 0 Å². The summed E-state index contributed by atoms with van der Waals surface area (Å²) >= 11 is 0. The molecule has 1 nitrogen and oxygen atoms in total. The fourth-order valence-electron chi connectivity index (χ4n) is 4.22. The number of hydrogen-bond acceptors (Lipinski definition) is 1. The summed E-state index contributed by atoms with van der Waals surface area (Å²) in [5.41, 5.74) is 1.08. The number of nitrogens with zero attached hydrogens (tertiary/aromatic N) is 1. The van der Waals surface area contributed by atoms with Crippen molar-refractivity contribution in [1.82, 2.24) is 4.23 Å². The maximum absolute atomic E-state index is 3.18. The molecule has 0 bridgehead atoms. The molecule has 1 unspecified atom stereocenters. The summed E-state index contributed by atoms with van der Waals surface area (Å²) in [4.78, 5) is 0. The summed E-state index contributed by atoms with van der Waals surface area (Å²) in [7, 11) is -1.59. The van der Waals surface area contributed by atoms with Gasteiger partial charge in [0.1, 0.15) is 17.2 Å². The zero-order valence-corrected chi connectivity index (χ0v) is 15.6. The van der Waals surface area contributed by atoms with E-state index in [2.05, 4.69) is 38.8 Å². The van der Waals surface area contributed by atoms with Crippen LogP contribution in [0.5, 0.6) is 0 Å². The molecule has 1 atom stereocenters. The summed E-state index contributed by atoms with van der Waals surface area (Å²) < 4.78 is 3.18. The Kier molecular flexibility index (Phi) is 7.18. The highest BCUT2D eigenvalue weighted by Crippen LogP contribution is 2.46. The second-order valence-electron chi connectivity index (χ2n) is 6.39. The van der Waals surface area contributed by atoms with Gasteiger partial charge in [-0.3, -0.25) is 0 Å². The lowest BCUT2D eigenvalue weighted by molar-refractivity contribution is 0.464. The van der Waals surface area contributed by atoms with Gasteiger partial charge in [0.2, 0.25) is 0 Å². The third-order valence-corrected chi connectivity index (χ3v) is 17.3.